The third-order valence-electron chi connectivity index (χ3n) is 2.24. The lowest BCUT2D eigenvalue weighted by Gasteiger charge is -2.02. The zero-order valence-corrected chi connectivity index (χ0v) is 9.25. The van der Waals surface area contributed by atoms with Gasteiger partial charge in [0, 0.05) is 24.3 Å². The van der Waals surface area contributed by atoms with Gasteiger partial charge in [0.25, 0.3) is 0 Å². The monoisotopic (exact) mass is 231 g/mol. The molecule has 0 spiro atoms. The van der Waals surface area contributed by atoms with Crippen LogP contribution < -0.4 is 5.73 Å². The van der Waals surface area contributed by atoms with Crippen molar-refractivity contribution in [2.45, 2.75) is 13.5 Å². The number of hydrogen-bond acceptors (Lipinski definition) is 2. The fourth-order valence-electron chi connectivity index (χ4n) is 1.45. The van der Waals surface area contributed by atoms with Gasteiger partial charge < -0.3 is 10.7 Å². The molecule has 0 aromatic carbocycles. The van der Waals surface area contributed by atoms with Gasteiger partial charge in [-0.3, -0.25) is 0 Å². The number of nitrogens with two attached hydrogens (primary N) is 1. The van der Waals surface area contributed by atoms with Gasteiger partial charge in [-0.15, -0.1) is 12.4 Å². The van der Waals surface area contributed by atoms with E-state index < -0.39 is 0 Å². The first-order valence-electron chi connectivity index (χ1n) is 4.05. The molecule has 0 bridgehead atoms. The molecule has 0 aliphatic rings. The van der Waals surface area contributed by atoms with Gasteiger partial charge in [0.05, 0.1) is 5.02 Å². The summed E-state index contributed by atoms with van der Waals surface area (Å²) in [5, 5.41) is 1.68. The molecule has 0 atom stereocenters. The minimum atomic E-state index is 0. The molecule has 0 aliphatic heterocycles. The van der Waals surface area contributed by atoms with Crippen LogP contribution in [0, 0.1) is 6.92 Å². The average Bonchev–Trinajstić information content (AvgIpc) is 2.49. The van der Waals surface area contributed by atoms with Crippen LogP contribution >= 0.6 is 24.0 Å². The lowest BCUT2D eigenvalue weighted by Crippen LogP contribution is -2.00. The number of hydrogen-bond donors (Lipinski definition) is 2. The van der Waals surface area contributed by atoms with Crippen LogP contribution in [0.15, 0.2) is 12.4 Å². The van der Waals surface area contributed by atoms with Crippen molar-refractivity contribution in [1.82, 2.24) is 9.97 Å². The predicted octanol–water partition coefficient (Wildman–Crippen LogP) is 2.41. The molecular weight excluding hydrogens is 221 g/mol. The average molecular weight is 232 g/mol. The zero-order chi connectivity index (χ0) is 9.42. The summed E-state index contributed by atoms with van der Waals surface area (Å²) in [7, 11) is 0. The van der Waals surface area contributed by atoms with E-state index in [-0.39, 0.29) is 12.4 Å². The van der Waals surface area contributed by atoms with E-state index in [0.717, 1.165) is 22.2 Å². The molecule has 76 valence electrons. The number of nitrogens with zero attached hydrogens (tertiary/aromatic N) is 1. The molecule has 0 unspecified atom stereocenters. The third-order valence-corrected chi connectivity index (χ3v) is 2.54. The van der Waals surface area contributed by atoms with Crippen molar-refractivity contribution in [2.75, 3.05) is 0 Å². The van der Waals surface area contributed by atoms with Crippen LogP contribution in [0.4, 0.5) is 0 Å². The van der Waals surface area contributed by atoms with Crippen molar-refractivity contribution < 1.29 is 0 Å². The number of aryl methyl sites for hydroxylation is 1. The second kappa shape index (κ2) is 4.17. The maximum Gasteiger partial charge on any atom is 0.139 e. The highest BCUT2D eigenvalue weighted by Gasteiger charge is 2.08. The maximum atomic E-state index is 5.99. The second-order valence-corrected chi connectivity index (χ2v) is 3.38. The van der Waals surface area contributed by atoms with Crippen molar-refractivity contribution in [2.24, 2.45) is 5.73 Å². The van der Waals surface area contributed by atoms with E-state index in [2.05, 4.69) is 9.97 Å². The van der Waals surface area contributed by atoms with E-state index in [9.17, 15) is 0 Å². The van der Waals surface area contributed by atoms with Crippen LogP contribution in [-0.4, -0.2) is 9.97 Å². The molecule has 2 aromatic rings. The lowest BCUT2D eigenvalue weighted by atomic mass is 10.1. The largest absolute Gasteiger partial charge is 0.345 e. The van der Waals surface area contributed by atoms with Crippen molar-refractivity contribution in [3.63, 3.8) is 0 Å². The fourth-order valence-corrected chi connectivity index (χ4v) is 1.74. The van der Waals surface area contributed by atoms with Crippen LogP contribution in [0.1, 0.15) is 11.1 Å². The Kier molecular flexibility index (Phi) is 3.37. The molecule has 14 heavy (non-hydrogen) atoms. The van der Waals surface area contributed by atoms with Crippen molar-refractivity contribution in [1.29, 1.82) is 0 Å². The van der Waals surface area contributed by atoms with Crippen molar-refractivity contribution >= 4 is 35.0 Å². The first kappa shape index (κ1) is 11.3. The SMILES string of the molecule is Cc1c(CN)cnc2[nH]cc(Cl)c12.Cl. The number of nitrogens with one attached hydrogen (secondary N) is 1. The Morgan fingerprint density at radius 3 is 2.93 bits per heavy atom. The highest BCUT2D eigenvalue weighted by atomic mass is 35.5. The Morgan fingerprint density at radius 2 is 2.29 bits per heavy atom. The summed E-state index contributed by atoms with van der Waals surface area (Å²) in [6, 6.07) is 0. The molecule has 0 saturated heterocycles. The first-order chi connectivity index (χ1) is 6.24. The van der Waals surface area contributed by atoms with E-state index >= 15 is 0 Å². The molecule has 0 saturated carbocycles. The fraction of sp³-hybridized carbons (Fsp3) is 0.222. The van der Waals surface area contributed by atoms with Gasteiger partial charge in [0.2, 0.25) is 0 Å². The molecule has 0 radical (unpaired) electrons. The summed E-state index contributed by atoms with van der Waals surface area (Å²) in [5.74, 6) is 0. The van der Waals surface area contributed by atoms with E-state index in [4.69, 9.17) is 17.3 Å². The Balaban J connectivity index is 0.000000980. The molecule has 2 heterocycles. The van der Waals surface area contributed by atoms with Gasteiger partial charge in [-0.05, 0) is 18.1 Å². The van der Waals surface area contributed by atoms with Crippen LogP contribution in [0.2, 0.25) is 5.02 Å². The quantitative estimate of drug-likeness (QED) is 0.793. The summed E-state index contributed by atoms with van der Waals surface area (Å²) in [6.45, 7) is 2.50. The molecule has 0 aliphatic carbocycles. The number of halogens is 2. The Labute approximate surface area is 93.1 Å². The van der Waals surface area contributed by atoms with E-state index in [0.29, 0.717) is 11.6 Å². The summed E-state index contributed by atoms with van der Waals surface area (Å²) in [5.41, 5.74) is 8.53. The van der Waals surface area contributed by atoms with Gasteiger partial charge in [0.1, 0.15) is 5.65 Å². The van der Waals surface area contributed by atoms with Gasteiger partial charge >= 0.3 is 0 Å². The van der Waals surface area contributed by atoms with Crippen LogP contribution in [0.25, 0.3) is 11.0 Å². The molecule has 3 N–H and O–H groups in total. The Hall–Kier alpha value is -0.770. The van der Waals surface area contributed by atoms with Gasteiger partial charge in [-0.1, -0.05) is 11.6 Å². The highest BCUT2D eigenvalue weighted by molar-refractivity contribution is 6.35. The molecule has 3 nitrogen and oxygen atoms in total. The normalized spacial score (nSPS) is 10.2. The summed E-state index contributed by atoms with van der Waals surface area (Å²) >= 11 is 5.99. The second-order valence-electron chi connectivity index (χ2n) is 2.97. The van der Waals surface area contributed by atoms with Gasteiger partial charge in [-0.25, -0.2) is 4.98 Å². The smallest absolute Gasteiger partial charge is 0.139 e. The van der Waals surface area contributed by atoms with Crippen molar-refractivity contribution in [3.05, 3.63) is 28.5 Å². The predicted molar refractivity (Wildman–Crippen MR) is 61.0 cm³/mol. The molecule has 0 amide bonds. The summed E-state index contributed by atoms with van der Waals surface area (Å²) in [4.78, 5) is 7.21. The van der Waals surface area contributed by atoms with Crippen LogP contribution in [-0.2, 0) is 6.54 Å². The molecule has 2 aromatic heterocycles. The van der Waals surface area contributed by atoms with Crippen molar-refractivity contribution in [3.8, 4) is 0 Å². The van der Waals surface area contributed by atoms with Gasteiger partial charge in [-0.2, -0.15) is 0 Å². The number of H-pyrrole nitrogens is 1. The standard InChI is InChI=1S/C9H10ClN3.ClH/c1-5-6(2-11)3-12-9-8(5)7(10)4-13-9;/h3-4H,2,11H2,1H3,(H,12,13);1H. The summed E-state index contributed by atoms with van der Waals surface area (Å²) < 4.78 is 0. The van der Waals surface area contributed by atoms with E-state index in [1.54, 1.807) is 12.4 Å². The van der Waals surface area contributed by atoms with E-state index in [1.807, 2.05) is 6.92 Å². The number of pyridine rings is 1. The van der Waals surface area contributed by atoms with Crippen LogP contribution in [0.3, 0.4) is 0 Å². The molecule has 2 rings (SSSR count). The minimum absolute atomic E-state index is 0. The number of rotatable bonds is 1. The number of fused-ring (bicyclic) bond motifs is 1. The van der Waals surface area contributed by atoms with Gasteiger partial charge in [0.15, 0.2) is 0 Å². The Morgan fingerprint density at radius 1 is 1.57 bits per heavy atom. The maximum absolute atomic E-state index is 5.99. The molecule has 5 heteroatoms. The highest BCUT2D eigenvalue weighted by Crippen LogP contribution is 2.26. The minimum Gasteiger partial charge on any atom is -0.345 e. The molecular formula is C9H11Cl2N3. The topological polar surface area (TPSA) is 54.7 Å². The van der Waals surface area contributed by atoms with Crippen LogP contribution in [0.5, 0.6) is 0 Å². The lowest BCUT2D eigenvalue weighted by molar-refractivity contribution is 1.04. The molecule has 0 fully saturated rings. The Bertz CT molecular complexity index is 450. The number of aromatic nitrogens is 2. The first-order valence-corrected chi connectivity index (χ1v) is 4.43. The third kappa shape index (κ3) is 1.59. The number of aromatic amines is 1. The van der Waals surface area contributed by atoms with E-state index in [1.165, 1.54) is 0 Å². The zero-order valence-electron chi connectivity index (χ0n) is 7.67. The summed E-state index contributed by atoms with van der Waals surface area (Å²) in [6.07, 6.45) is 3.52.